The van der Waals surface area contributed by atoms with E-state index in [0.29, 0.717) is 36.6 Å². The molecule has 0 atom stereocenters. The van der Waals surface area contributed by atoms with Gasteiger partial charge in [-0.3, -0.25) is 9.59 Å². The molecule has 0 aliphatic heterocycles. The maximum absolute atomic E-state index is 14.6. The van der Waals surface area contributed by atoms with Crippen LogP contribution < -0.4 is 9.64 Å². The van der Waals surface area contributed by atoms with Crippen LogP contribution in [-0.4, -0.2) is 30.8 Å². The maximum Gasteiger partial charge on any atom is 0.226 e. The van der Waals surface area contributed by atoms with Crippen LogP contribution in [0.25, 0.3) is 0 Å². The van der Waals surface area contributed by atoms with Gasteiger partial charge in [0.2, 0.25) is 11.8 Å². The minimum absolute atomic E-state index is 0.0793. The Morgan fingerprint density at radius 3 is 2.50 bits per heavy atom. The SMILES string of the molecule is CCC(=O)N(C)c1ccc(C23CC(C(=O)CCc4ccc(OC)nc4)(C2)C3)cc1F. The number of rotatable bonds is 8. The van der Waals surface area contributed by atoms with Crippen molar-refractivity contribution in [2.45, 2.75) is 50.9 Å². The fourth-order valence-corrected chi connectivity index (χ4v) is 5.07. The zero-order valence-electron chi connectivity index (χ0n) is 17.7. The van der Waals surface area contributed by atoms with E-state index < -0.39 is 0 Å². The van der Waals surface area contributed by atoms with Crippen LogP contribution in [0.2, 0.25) is 0 Å². The number of ketones is 1. The van der Waals surface area contributed by atoms with Crippen molar-refractivity contribution in [3.8, 4) is 5.88 Å². The van der Waals surface area contributed by atoms with Crippen molar-refractivity contribution in [1.29, 1.82) is 0 Å². The van der Waals surface area contributed by atoms with Crippen molar-refractivity contribution >= 4 is 17.4 Å². The molecular weight excluding hydrogens is 383 g/mol. The smallest absolute Gasteiger partial charge is 0.226 e. The number of ether oxygens (including phenoxy) is 1. The number of methoxy groups -OCH3 is 1. The molecule has 3 aliphatic carbocycles. The second-order valence-corrected chi connectivity index (χ2v) is 8.70. The zero-order valence-corrected chi connectivity index (χ0v) is 17.7. The summed E-state index contributed by atoms with van der Waals surface area (Å²) in [5.74, 6) is 0.359. The van der Waals surface area contributed by atoms with Crippen molar-refractivity contribution in [2.75, 3.05) is 19.1 Å². The fraction of sp³-hybridized carbons (Fsp3) is 0.458. The summed E-state index contributed by atoms with van der Waals surface area (Å²) in [4.78, 5) is 30.2. The van der Waals surface area contributed by atoms with Gasteiger partial charge in [-0.2, -0.15) is 0 Å². The first kappa shape index (κ1) is 20.5. The summed E-state index contributed by atoms with van der Waals surface area (Å²) in [6.45, 7) is 1.76. The van der Waals surface area contributed by atoms with Gasteiger partial charge in [-0.25, -0.2) is 9.37 Å². The Morgan fingerprint density at radius 2 is 1.93 bits per heavy atom. The van der Waals surface area contributed by atoms with Crippen LogP contribution in [0.4, 0.5) is 10.1 Å². The topological polar surface area (TPSA) is 59.5 Å². The summed E-state index contributed by atoms with van der Waals surface area (Å²) in [6.07, 6.45) is 5.64. The molecule has 0 radical (unpaired) electrons. The van der Waals surface area contributed by atoms with Crippen molar-refractivity contribution in [3.63, 3.8) is 0 Å². The number of amides is 1. The van der Waals surface area contributed by atoms with Crippen molar-refractivity contribution < 1.29 is 18.7 Å². The summed E-state index contributed by atoms with van der Waals surface area (Å²) < 4.78 is 19.7. The lowest BCUT2D eigenvalue weighted by Gasteiger charge is -2.70. The summed E-state index contributed by atoms with van der Waals surface area (Å²) >= 11 is 0. The molecule has 0 N–H and O–H groups in total. The predicted octanol–water partition coefficient (Wildman–Crippen LogP) is 4.23. The molecule has 0 unspecified atom stereocenters. The molecule has 1 aromatic carbocycles. The van der Waals surface area contributed by atoms with Gasteiger partial charge >= 0.3 is 0 Å². The Morgan fingerprint density at radius 1 is 1.20 bits per heavy atom. The molecule has 1 amide bonds. The number of aryl methyl sites for hydroxylation is 1. The van der Waals surface area contributed by atoms with Crippen LogP contribution in [0, 0.1) is 11.2 Å². The van der Waals surface area contributed by atoms with E-state index in [4.69, 9.17) is 4.74 Å². The molecule has 1 heterocycles. The van der Waals surface area contributed by atoms with E-state index in [9.17, 15) is 14.0 Å². The molecule has 2 bridgehead atoms. The van der Waals surface area contributed by atoms with Gasteiger partial charge in [0.05, 0.1) is 12.8 Å². The lowest BCUT2D eigenvalue weighted by Crippen LogP contribution is -2.67. The van der Waals surface area contributed by atoms with Crippen LogP contribution in [0.3, 0.4) is 0 Å². The first-order valence-corrected chi connectivity index (χ1v) is 10.4. The predicted molar refractivity (Wildman–Crippen MR) is 112 cm³/mol. The van der Waals surface area contributed by atoms with E-state index in [1.807, 2.05) is 12.1 Å². The highest BCUT2D eigenvalue weighted by atomic mass is 19.1. The molecule has 0 spiro atoms. The second kappa shape index (κ2) is 7.49. The van der Waals surface area contributed by atoms with Gasteiger partial charge in [0.15, 0.2) is 0 Å². The average molecular weight is 410 g/mol. The number of benzene rings is 1. The summed E-state index contributed by atoms with van der Waals surface area (Å²) in [7, 11) is 3.17. The molecule has 5 nitrogen and oxygen atoms in total. The molecule has 3 saturated carbocycles. The molecule has 5 rings (SSSR count). The third kappa shape index (κ3) is 3.28. The van der Waals surface area contributed by atoms with Crippen molar-refractivity contribution in [2.24, 2.45) is 5.41 Å². The van der Waals surface area contributed by atoms with Crippen LogP contribution in [0.15, 0.2) is 36.5 Å². The number of aromatic nitrogens is 1. The third-order valence-electron chi connectivity index (χ3n) is 6.87. The summed E-state index contributed by atoms with van der Waals surface area (Å²) in [5, 5.41) is 0. The number of pyridine rings is 1. The quantitative estimate of drug-likeness (QED) is 0.654. The van der Waals surface area contributed by atoms with Crippen LogP contribution in [-0.2, 0) is 21.4 Å². The molecular formula is C24H27FN2O3. The van der Waals surface area contributed by atoms with Crippen LogP contribution >= 0.6 is 0 Å². The average Bonchev–Trinajstić information content (AvgIpc) is 2.69. The molecule has 158 valence electrons. The van der Waals surface area contributed by atoms with E-state index in [-0.39, 0.29) is 22.6 Å². The van der Waals surface area contributed by atoms with Gasteiger partial charge in [-0.15, -0.1) is 0 Å². The number of halogens is 1. The normalized spacial score (nSPS) is 23.9. The Kier molecular flexibility index (Phi) is 5.12. The van der Waals surface area contributed by atoms with E-state index in [1.165, 1.54) is 4.90 Å². The number of hydrogen-bond donors (Lipinski definition) is 0. The van der Waals surface area contributed by atoms with E-state index >= 15 is 0 Å². The van der Waals surface area contributed by atoms with Gasteiger partial charge in [0, 0.05) is 37.6 Å². The Balaban J connectivity index is 1.36. The minimum atomic E-state index is -0.381. The van der Waals surface area contributed by atoms with Crippen LogP contribution in [0.1, 0.15) is 50.2 Å². The standard InChI is InChI=1S/C24H27FN2O3/c1-4-22(29)27(2)19-8-7-17(11-18(19)25)23-13-24(14-23,15-23)20(28)9-5-16-6-10-21(30-3)26-12-16/h6-8,10-12H,4-5,9,13-15H2,1-3H3. The van der Waals surface area contributed by atoms with Gasteiger partial charge in [-0.1, -0.05) is 19.1 Å². The third-order valence-corrected chi connectivity index (χ3v) is 6.87. The molecule has 3 aliphatic rings. The monoisotopic (exact) mass is 410 g/mol. The fourth-order valence-electron chi connectivity index (χ4n) is 5.07. The van der Waals surface area contributed by atoms with Crippen LogP contribution in [0.5, 0.6) is 5.88 Å². The highest BCUT2D eigenvalue weighted by Crippen LogP contribution is 2.74. The van der Waals surface area contributed by atoms with Crippen molar-refractivity contribution in [1.82, 2.24) is 4.98 Å². The molecule has 30 heavy (non-hydrogen) atoms. The molecule has 1 aromatic heterocycles. The van der Waals surface area contributed by atoms with E-state index in [1.54, 1.807) is 45.5 Å². The summed E-state index contributed by atoms with van der Waals surface area (Å²) in [5.41, 5.74) is 1.95. The zero-order chi connectivity index (χ0) is 21.5. The minimum Gasteiger partial charge on any atom is -0.481 e. The lowest BCUT2D eigenvalue weighted by atomic mass is 9.32. The number of Topliss-reactive ketones (excluding diaryl/α,β-unsaturated/α-hetero) is 1. The Labute approximate surface area is 176 Å². The highest BCUT2D eigenvalue weighted by Gasteiger charge is 2.71. The van der Waals surface area contributed by atoms with E-state index in [0.717, 1.165) is 30.4 Å². The first-order chi connectivity index (χ1) is 14.3. The number of nitrogens with zero attached hydrogens (tertiary/aromatic N) is 2. The Hall–Kier alpha value is -2.76. The Bertz CT molecular complexity index is 967. The molecule has 0 saturated heterocycles. The number of carbonyl (C=O) groups is 2. The largest absolute Gasteiger partial charge is 0.481 e. The van der Waals surface area contributed by atoms with Gasteiger partial charge < -0.3 is 9.64 Å². The van der Waals surface area contributed by atoms with Gasteiger partial charge in [-0.05, 0) is 54.4 Å². The molecule has 3 fully saturated rings. The highest BCUT2D eigenvalue weighted by molar-refractivity contribution is 5.93. The number of anilines is 1. The second-order valence-electron chi connectivity index (χ2n) is 8.70. The maximum atomic E-state index is 14.6. The number of carbonyl (C=O) groups excluding carboxylic acids is 2. The summed E-state index contributed by atoms with van der Waals surface area (Å²) in [6, 6.07) is 8.89. The van der Waals surface area contributed by atoms with Crippen molar-refractivity contribution in [3.05, 3.63) is 53.5 Å². The molecule has 2 aromatic rings. The first-order valence-electron chi connectivity index (χ1n) is 10.4. The van der Waals surface area contributed by atoms with E-state index in [2.05, 4.69) is 4.98 Å². The lowest BCUT2D eigenvalue weighted by molar-refractivity contribution is -0.173. The van der Waals surface area contributed by atoms with Gasteiger partial charge in [0.25, 0.3) is 0 Å². The molecule has 6 heteroatoms. The van der Waals surface area contributed by atoms with Gasteiger partial charge in [0.1, 0.15) is 11.6 Å². The number of hydrogen-bond acceptors (Lipinski definition) is 4.